The number of hydrogen-bond donors (Lipinski definition) is 0. The molecule has 1 aliphatic rings. The third kappa shape index (κ3) is 3.62. The van der Waals surface area contributed by atoms with E-state index in [0.29, 0.717) is 23.5 Å². The molecular weight excluding hydrogens is 394 g/mol. The highest BCUT2D eigenvalue weighted by Gasteiger charge is 2.42. The normalized spacial score (nSPS) is 13.9. The minimum Gasteiger partial charge on any atom is -0.378 e. The Bertz CT molecular complexity index is 1090. The van der Waals surface area contributed by atoms with E-state index in [4.69, 9.17) is 0 Å². The molecule has 1 aliphatic heterocycles. The summed E-state index contributed by atoms with van der Waals surface area (Å²) in [7, 11) is 5.77. The average molecular weight is 418 g/mol. The lowest BCUT2D eigenvalue weighted by atomic mass is 10.1. The SMILES string of the molecule is CN(Cc1ccccc1)C1=C(c2cccs2)C(=O)N(c2ccc(N(C)C)cc2)C1=O. The van der Waals surface area contributed by atoms with Gasteiger partial charge in [-0.25, -0.2) is 4.90 Å². The number of amides is 2. The van der Waals surface area contributed by atoms with E-state index in [1.165, 1.54) is 16.2 Å². The van der Waals surface area contributed by atoms with E-state index in [0.717, 1.165) is 16.1 Å². The van der Waals surface area contributed by atoms with Crippen molar-refractivity contribution in [3.63, 3.8) is 0 Å². The molecule has 0 saturated heterocycles. The molecule has 0 aliphatic carbocycles. The van der Waals surface area contributed by atoms with Gasteiger partial charge in [0, 0.05) is 38.3 Å². The second-order valence-corrected chi connectivity index (χ2v) is 8.35. The van der Waals surface area contributed by atoms with Crippen LogP contribution in [0.5, 0.6) is 0 Å². The largest absolute Gasteiger partial charge is 0.378 e. The lowest BCUT2D eigenvalue weighted by molar-refractivity contribution is -0.120. The molecule has 2 heterocycles. The van der Waals surface area contributed by atoms with Gasteiger partial charge in [-0.3, -0.25) is 9.59 Å². The van der Waals surface area contributed by atoms with Gasteiger partial charge in [-0.2, -0.15) is 0 Å². The van der Waals surface area contributed by atoms with Crippen molar-refractivity contribution < 1.29 is 9.59 Å². The highest BCUT2D eigenvalue weighted by Crippen LogP contribution is 2.36. The van der Waals surface area contributed by atoms with Gasteiger partial charge in [0.1, 0.15) is 5.70 Å². The molecule has 0 fully saturated rings. The Hall–Kier alpha value is -3.38. The van der Waals surface area contributed by atoms with Gasteiger partial charge in [-0.1, -0.05) is 36.4 Å². The Kier molecular flexibility index (Phi) is 5.42. The van der Waals surface area contributed by atoms with Gasteiger partial charge in [0.2, 0.25) is 0 Å². The summed E-state index contributed by atoms with van der Waals surface area (Å²) in [6, 6.07) is 21.2. The van der Waals surface area contributed by atoms with Crippen LogP contribution in [0.15, 0.2) is 77.8 Å². The Morgan fingerprint density at radius 3 is 2.13 bits per heavy atom. The van der Waals surface area contributed by atoms with Gasteiger partial charge >= 0.3 is 0 Å². The van der Waals surface area contributed by atoms with Crippen molar-refractivity contribution in [3.05, 3.63) is 88.2 Å². The molecule has 2 amide bonds. The number of likely N-dealkylation sites (N-methyl/N-ethyl adjacent to an activating group) is 1. The average Bonchev–Trinajstić information content (AvgIpc) is 3.35. The topological polar surface area (TPSA) is 43.9 Å². The molecule has 0 atom stereocenters. The quantitative estimate of drug-likeness (QED) is 0.563. The predicted octanol–water partition coefficient (Wildman–Crippen LogP) is 4.23. The number of thiophene rings is 1. The van der Waals surface area contributed by atoms with E-state index in [9.17, 15) is 9.59 Å². The van der Waals surface area contributed by atoms with E-state index in [1.807, 2.05) is 103 Å². The molecular formula is C24H23N3O2S. The third-order valence-corrected chi connectivity index (χ3v) is 5.98. The summed E-state index contributed by atoms with van der Waals surface area (Å²) in [5.74, 6) is -0.575. The minimum absolute atomic E-state index is 0.282. The maximum Gasteiger partial charge on any atom is 0.282 e. The molecule has 152 valence electrons. The molecule has 2 aromatic carbocycles. The fourth-order valence-corrected chi connectivity index (χ4v) is 4.35. The summed E-state index contributed by atoms with van der Waals surface area (Å²) < 4.78 is 0. The molecule has 3 aromatic rings. The van der Waals surface area contributed by atoms with Crippen molar-refractivity contribution >= 4 is 40.1 Å². The zero-order chi connectivity index (χ0) is 21.3. The van der Waals surface area contributed by atoms with Crippen molar-refractivity contribution in [2.24, 2.45) is 0 Å². The molecule has 0 spiro atoms. The Balaban J connectivity index is 1.73. The second kappa shape index (κ2) is 8.16. The van der Waals surface area contributed by atoms with Crippen LogP contribution in [0, 0.1) is 0 Å². The van der Waals surface area contributed by atoms with Gasteiger partial charge in [-0.05, 0) is 41.3 Å². The second-order valence-electron chi connectivity index (χ2n) is 7.40. The number of carbonyl (C=O) groups excluding carboxylic acids is 2. The van der Waals surface area contributed by atoms with Crippen LogP contribution in [0.1, 0.15) is 10.4 Å². The highest BCUT2D eigenvalue weighted by molar-refractivity contribution is 7.11. The van der Waals surface area contributed by atoms with E-state index in [2.05, 4.69) is 0 Å². The van der Waals surface area contributed by atoms with E-state index in [-0.39, 0.29) is 11.8 Å². The zero-order valence-corrected chi connectivity index (χ0v) is 18.0. The summed E-state index contributed by atoms with van der Waals surface area (Å²) in [5, 5.41) is 1.92. The summed E-state index contributed by atoms with van der Waals surface area (Å²) in [6.45, 7) is 0.539. The maximum atomic E-state index is 13.5. The fourth-order valence-electron chi connectivity index (χ4n) is 3.59. The smallest absolute Gasteiger partial charge is 0.282 e. The lowest BCUT2D eigenvalue weighted by Crippen LogP contribution is -2.34. The molecule has 0 N–H and O–H groups in total. The number of hydrogen-bond acceptors (Lipinski definition) is 5. The monoisotopic (exact) mass is 417 g/mol. The van der Waals surface area contributed by atoms with Gasteiger partial charge in [-0.15, -0.1) is 11.3 Å². The molecule has 30 heavy (non-hydrogen) atoms. The number of carbonyl (C=O) groups is 2. The van der Waals surface area contributed by atoms with Crippen LogP contribution < -0.4 is 9.80 Å². The van der Waals surface area contributed by atoms with Crippen LogP contribution in [-0.2, 0) is 16.1 Å². The summed E-state index contributed by atoms with van der Waals surface area (Å²) in [5.41, 5.74) is 3.55. The molecule has 4 rings (SSSR count). The highest BCUT2D eigenvalue weighted by atomic mass is 32.1. The van der Waals surface area contributed by atoms with Crippen molar-refractivity contribution in [1.29, 1.82) is 0 Å². The van der Waals surface area contributed by atoms with Crippen molar-refractivity contribution in [2.75, 3.05) is 30.9 Å². The maximum absolute atomic E-state index is 13.5. The van der Waals surface area contributed by atoms with Gasteiger partial charge in [0.25, 0.3) is 11.8 Å². The first-order valence-electron chi connectivity index (χ1n) is 9.66. The van der Waals surface area contributed by atoms with E-state index in [1.54, 1.807) is 0 Å². The third-order valence-electron chi connectivity index (χ3n) is 5.10. The van der Waals surface area contributed by atoms with Gasteiger partial charge in [0.05, 0.1) is 11.3 Å². The molecule has 5 nitrogen and oxygen atoms in total. The van der Waals surface area contributed by atoms with E-state index >= 15 is 0 Å². The van der Waals surface area contributed by atoms with Crippen molar-refractivity contribution in [1.82, 2.24) is 4.90 Å². The van der Waals surface area contributed by atoms with Crippen LogP contribution in [0.25, 0.3) is 5.57 Å². The van der Waals surface area contributed by atoms with Gasteiger partial charge in [0.15, 0.2) is 0 Å². The minimum atomic E-state index is -0.292. The van der Waals surface area contributed by atoms with Crippen LogP contribution in [0.3, 0.4) is 0 Å². The first kappa shape index (κ1) is 19.9. The Morgan fingerprint density at radius 1 is 0.833 bits per heavy atom. The summed E-state index contributed by atoms with van der Waals surface area (Å²) >= 11 is 1.47. The van der Waals surface area contributed by atoms with Crippen LogP contribution >= 0.6 is 11.3 Å². The van der Waals surface area contributed by atoms with Crippen LogP contribution in [-0.4, -0.2) is 37.9 Å². The molecule has 6 heteroatoms. The number of benzene rings is 2. The zero-order valence-electron chi connectivity index (χ0n) is 17.2. The summed E-state index contributed by atoms with van der Waals surface area (Å²) in [4.78, 5) is 32.8. The molecule has 0 unspecified atom stereocenters. The van der Waals surface area contributed by atoms with Crippen molar-refractivity contribution in [2.45, 2.75) is 6.54 Å². The summed E-state index contributed by atoms with van der Waals surface area (Å²) in [6.07, 6.45) is 0. The Morgan fingerprint density at radius 2 is 1.53 bits per heavy atom. The number of rotatable bonds is 6. The molecule has 0 saturated carbocycles. The van der Waals surface area contributed by atoms with Crippen molar-refractivity contribution in [3.8, 4) is 0 Å². The number of imide groups is 1. The van der Waals surface area contributed by atoms with Crippen LogP contribution in [0.2, 0.25) is 0 Å². The molecule has 0 bridgehead atoms. The number of anilines is 2. The fraction of sp³-hybridized carbons (Fsp3) is 0.167. The number of nitrogens with zero attached hydrogens (tertiary/aromatic N) is 3. The Labute approximate surface area is 180 Å². The standard InChI is InChI=1S/C24H23N3O2S/c1-25(2)18-11-13-19(14-12-18)27-23(28)21(20-10-7-15-30-20)22(24(27)29)26(3)16-17-8-5-4-6-9-17/h4-15H,16H2,1-3H3. The predicted molar refractivity (Wildman–Crippen MR) is 122 cm³/mol. The first-order chi connectivity index (χ1) is 14.5. The lowest BCUT2D eigenvalue weighted by Gasteiger charge is -2.22. The first-order valence-corrected chi connectivity index (χ1v) is 10.5. The van der Waals surface area contributed by atoms with Gasteiger partial charge < -0.3 is 9.80 Å². The molecule has 0 radical (unpaired) electrons. The van der Waals surface area contributed by atoms with E-state index < -0.39 is 0 Å². The molecule has 1 aromatic heterocycles. The van der Waals surface area contributed by atoms with Crippen LogP contribution in [0.4, 0.5) is 11.4 Å².